The molecule has 0 radical (unpaired) electrons. The number of guanidine groups is 1. The smallest absolute Gasteiger partial charge is 0.223 e. The number of aromatic amines is 1. The molecule has 1 aromatic carbocycles. The van der Waals surface area contributed by atoms with Crippen molar-refractivity contribution in [3.8, 4) is 0 Å². The Morgan fingerprint density at radius 3 is 2.83 bits per heavy atom. The Balaban J connectivity index is 1.26. The van der Waals surface area contributed by atoms with E-state index in [1.807, 2.05) is 7.05 Å². The second-order valence-electron chi connectivity index (χ2n) is 8.55. The van der Waals surface area contributed by atoms with E-state index in [-0.39, 0.29) is 11.8 Å². The van der Waals surface area contributed by atoms with Gasteiger partial charge in [-0.2, -0.15) is 0 Å². The van der Waals surface area contributed by atoms with Crippen molar-refractivity contribution in [3.05, 3.63) is 35.5 Å². The normalized spacial score (nSPS) is 22.5. The van der Waals surface area contributed by atoms with Crippen molar-refractivity contribution in [2.45, 2.75) is 64.0 Å². The van der Waals surface area contributed by atoms with Gasteiger partial charge in [-0.3, -0.25) is 9.79 Å². The maximum Gasteiger partial charge on any atom is 0.223 e. The lowest BCUT2D eigenvalue weighted by Crippen LogP contribution is -2.47. The van der Waals surface area contributed by atoms with Gasteiger partial charge in [0.2, 0.25) is 5.91 Å². The van der Waals surface area contributed by atoms with Gasteiger partial charge in [-0.05, 0) is 56.6 Å². The van der Waals surface area contributed by atoms with E-state index in [4.69, 9.17) is 0 Å². The number of para-hydroxylation sites is 1. The molecule has 0 spiro atoms. The Morgan fingerprint density at radius 2 is 2.03 bits per heavy atom. The summed E-state index contributed by atoms with van der Waals surface area (Å²) in [5.41, 5.74) is 3.82. The molecule has 4 rings (SSSR count). The van der Waals surface area contributed by atoms with Gasteiger partial charge in [0.15, 0.2) is 5.96 Å². The number of benzene rings is 1. The van der Waals surface area contributed by atoms with Crippen LogP contribution in [0, 0.1) is 12.8 Å². The van der Waals surface area contributed by atoms with Gasteiger partial charge in [-0.15, -0.1) is 0 Å². The number of nitrogens with one attached hydrogen (secondary N) is 4. The van der Waals surface area contributed by atoms with Crippen LogP contribution in [0.25, 0.3) is 10.9 Å². The van der Waals surface area contributed by atoms with Gasteiger partial charge in [0, 0.05) is 48.7 Å². The summed E-state index contributed by atoms with van der Waals surface area (Å²) in [6, 6.07) is 7.17. The van der Waals surface area contributed by atoms with E-state index in [0.29, 0.717) is 12.1 Å². The van der Waals surface area contributed by atoms with Crippen molar-refractivity contribution < 1.29 is 4.79 Å². The van der Waals surface area contributed by atoms with Crippen LogP contribution >= 0.6 is 0 Å². The predicted octanol–water partition coefficient (Wildman–Crippen LogP) is 3.02. The van der Waals surface area contributed by atoms with Gasteiger partial charge in [0.05, 0.1) is 0 Å². The van der Waals surface area contributed by atoms with E-state index >= 15 is 0 Å². The topological polar surface area (TPSA) is 81.3 Å². The number of aryl methyl sites for hydroxylation is 1. The summed E-state index contributed by atoms with van der Waals surface area (Å²) in [5.74, 6) is 1.21. The molecule has 2 aliphatic rings. The van der Waals surface area contributed by atoms with Gasteiger partial charge in [0.25, 0.3) is 0 Å². The highest BCUT2D eigenvalue weighted by Gasteiger charge is 2.31. The molecule has 0 bridgehead atoms. The van der Waals surface area contributed by atoms with Gasteiger partial charge in [-0.25, -0.2) is 0 Å². The average Bonchev–Trinajstić information content (AvgIpc) is 3.45. The monoisotopic (exact) mass is 395 g/mol. The van der Waals surface area contributed by atoms with Crippen LogP contribution in [0.4, 0.5) is 0 Å². The standard InChI is InChI=1S/C23H33N5O/c1-15-5-3-8-20-17(14-26-21(15)20)11-12-25-23(24-2)28-19-7-4-6-16(13-19)22(29)27-18-9-10-18/h3,5,8,14,16,18-19,26H,4,6-7,9-13H2,1-2H3,(H,27,29)(H2,24,25,28). The molecule has 2 atom stereocenters. The van der Waals surface area contributed by atoms with Crippen LogP contribution in [-0.2, 0) is 11.2 Å². The minimum Gasteiger partial charge on any atom is -0.361 e. The third-order valence-corrected chi connectivity index (χ3v) is 6.23. The molecule has 0 aliphatic heterocycles. The minimum absolute atomic E-state index is 0.134. The van der Waals surface area contributed by atoms with Crippen LogP contribution in [0.1, 0.15) is 49.7 Å². The maximum absolute atomic E-state index is 12.4. The van der Waals surface area contributed by atoms with Crippen molar-refractivity contribution >= 4 is 22.8 Å². The minimum atomic E-state index is 0.134. The van der Waals surface area contributed by atoms with Crippen LogP contribution in [0.5, 0.6) is 0 Å². The number of H-pyrrole nitrogens is 1. The summed E-state index contributed by atoms with van der Waals surface area (Å²) in [6.07, 6.45) is 9.41. The van der Waals surface area contributed by atoms with Crippen LogP contribution in [0.3, 0.4) is 0 Å². The molecule has 1 heterocycles. The summed E-state index contributed by atoms with van der Waals surface area (Å²) in [6.45, 7) is 2.95. The fraction of sp³-hybridized carbons (Fsp3) is 0.565. The van der Waals surface area contributed by atoms with E-state index in [0.717, 1.165) is 57.5 Å². The SMILES string of the molecule is CN=C(NCCc1c[nH]c2c(C)cccc12)NC1CCCC(C(=O)NC2CC2)C1. The molecule has 1 aromatic heterocycles. The van der Waals surface area contributed by atoms with E-state index in [9.17, 15) is 4.79 Å². The molecule has 4 N–H and O–H groups in total. The van der Waals surface area contributed by atoms with Gasteiger partial charge in [-0.1, -0.05) is 24.6 Å². The highest BCUT2D eigenvalue weighted by atomic mass is 16.2. The van der Waals surface area contributed by atoms with Crippen LogP contribution in [0.2, 0.25) is 0 Å². The summed E-state index contributed by atoms with van der Waals surface area (Å²) < 4.78 is 0. The number of hydrogen-bond donors (Lipinski definition) is 4. The number of aliphatic imine (C=N–C) groups is 1. The molecule has 2 unspecified atom stereocenters. The van der Waals surface area contributed by atoms with Gasteiger partial charge >= 0.3 is 0 Å². The van der Waals surface area contributed by atoms with Crippen molar-refractivity contribution in [2.75, 3.05) is 13.6 Å². The first-order chi connectivity index (χ1) is 14.1. The largest absolute Gasteiger partial charge is 0.361 e. The number of aromatic nitrogens is 1. The van der Waals surface area contributed by atoms with Crippen LogP contribution in [-0.4, -0.2) is 42.5 Å². The number of nitrogens with zero attached hydrogens (tertiary/aromatic N) is 1. The summed E-state index contributed by atoms with van der Waals surface area (Å²) >= 11 is 0. The molecule has 156 valence electrons. The molecule has 29 heavy (non-hydrogen) atoms. The van der Waals surface area contributed by atoms with E-state index in [1.54, 1.807) is 0 Å². The zero-order chi connectivity index (χ0) is 20.2. The maximum atomic E-state index is 12.4. The van der Waals surface area contributed by atoms with Crippen molar-refractivity contribution in [1.82, 2.24) is 20.9 Å². The lowest BCUT2D eigenvalue weighted by Gasteiger charge is -2.30. The first-order valence-corrected chi connectivity index (χ1v) is 11.0. The first kappa shape index (κ1) is 19.8. The second-order valence-corrected chi connectivity index (χ2v) is 8.55. The first-order valence-electron chi connectivity index (χ1n) is 11.0. The average molecular weight is 396 g/mol. The summed E-state index contributed by atoms with van der Waals surface area (Å²) in [7, 11) is 1.81. The number of carbonyl (C=O) groups is 1. The molecule has 0 saturated heterocycles. The molecular formula is C23H33N5O. The zero-order valence-electron chi connectivity index (χ0n) is 17.6. The summed E-state index contributed by atoms with van der Waals surface area (Å²) in [4.78, 5) is 20.2. The predicted molar refractivity (Wildman–Crippen MR) is 118 cm³/mol. The molecule has 6 heteroatoms. The Morgan fingerprint density at radius 1 is 1.17 bits per heavy atom. The van der Waals surface area contributed by atoms with E-state index in [2.05, 4.69) is 57.2 Å². The molecule has 6 nitrogen and oxygen atoms in total. The molecule has 2 saturated carbocycles. The third kappa shape index (κ3) is 4.92. The second kappa shape index (κ2) is 8.89. The molecule has 2 fully saturated rings. The Kier molecular flexibility index (Phi) is 6.07. The van der Waals surface area contributed by atoms with E-state index in [1.165, 1.54) is 22.0 Å². The number of carbonyl (C=O) groups excluding carboxylic acids is 1. The molecular weight excluding hydrogens is 362 g/mol. The van der Waals surface area contributed by atoms with Crippen LogP contribution < -0.4 is 16.0 Å². The lowest BCUT2D eigenvalue weighted by atomic mass is 9.85. The fourth-order valence-corrected chi connectivity index (χ4v) is 4.38. The van der Waals surface area contributed by atoms with Crippen molar-refractivity contribution in [1.29, 1.82) is 0 Å². The Labute approximate surface area is 172 Å². The van der Waals surface area contributed by atoms with Gasteiger partial charge < -0.3 is 20.9 Å². The lowest BCUT2D eigenvalue weighted by molar-refractivity contribution is -0.126. The Hall–Kier alpha value is -2.50. The molecule has 1 amide bonds. The highest BCUT2D eigenvalue weighted by molar-refractivity contribution is 5.86. The quantitative estimate of drug-likeness (QED) is 0.448. The number of rotatable bonds is 6. The van der Waals surface area contributed by atoms with Crippen molar-refractivity contribution in [3.63, 3.8) is 0 Å². The van der Waals surface area contributed by atoms with Crippen LogP contribution in [0.15, 0.2) is 29.4 Å². The van der Waals surface area contributed by atoms with Crippen molar-refractivity contribution in [2.24, 2.45) is 10.9 Å². The third-order valence-electron chi connectivity index (χ3n) is 6.23. The molecule has 2 aliphatic carbocycles. The number of amides is 1. The zero-order valence-corrected chi connectivity index (χ0v) is 17.6. The Bertz CT molecular complexity index is 883. The fourth-order valence-electron chi connectivity index (χ4n) is 4.38. The summed E-state index contributed by atoms with van der Waals surface area (Å²) in [5, 5.41) is 11.4. The van der Waals surface area contributed by atoms with Gasteiger partial charge in [0.1, 0.15) is 0 Å². The van der Waals surface area contributed by atoms with E-state index < -0.39 is 0 Å². The highest BCUT2D eigenvalue weighted by Crippen LogP contribution is 2.27. The number of fused-ring (bicyclic) bond motifs is 1. The molecule has 2 aromatic rings. The number of hydrogen-bond acceptors (Lipinski definition) is 2.